The number of aryl methyl sites for hydroxylation is 2. The Hall–Kier alpha value is -2.73. The first-order valence-corrected chi connectivity index (χ1v) is 8.25. The molecule has 0 aliphatic carbocycles. The fourth-order valence-electron chi connectivity index (χ4n) is 2.36. The third kappa shape index (κ3) is 3.44. The van der Waals surface area contributed by atoms with Gasteiger partial charge in [-0.2, -0.15) is 0 Å². The average molecular weight is 339 g/mol. The number of anilines is 1. The summed E-state index contributed by atoms with van der Waals surface area (Å²) >= 11 is 1.34. The summed E-state index contributed by atoms with van der Waals surface area (Å²) < 4.78 is 5.14. The zero-order chi connectivity index (χ0) is 17.1. The Morgan fingerprint density at radius 3 is 2.50 bits per heavy atom. The molecule has 0 aliphatic rings. The van der Waals surface area contributed by atoms with E-state index in [0.29, 0.717) is 10.7 Å². The summed E-state index contributed by atoms with van der Waals surface area (Å²) in [5.41, 5.74) is 3.64. The van der Waals surface area contributed by atoms with Crippen molar-refractivity contribution in [1.82, 2.24) is 10.2 Å². The second-order valence-corrected chi connectivity index (χ2v) is 6.39. The molecule has 3 aromatic rings. The Balaban J connectivity index is 1.76. The van der Waals surface area contributed by atoms with Gasteiger partial charge in [-0.15, -0.1) is 10.2 Å². The lowest BCUT2D eigenvalue weighted by atomic mass is 10.1. The van der Waals surface area contributed by atoms with E-state index in [0.717, 1.165) is 27.4 Å². The van der Waals surface area contributed by atoms with E-state index in [1.165, 1.54) is 11.3 Å². The van der Waals surface area contributed by atoms with Crippen molar-refractivity contribution in [2.75, 3.05) is 12.4 Å². The predicted molar refractivity (Wildman–Crippen MR) is 95.8 cm³/mol. The first kappa shape index (κ1) is 16.1. The van der Waals surface area contributed by atoms with Crippen LogP contribution in [0, 0.1) is 13.8 Å². The predicted octanol–water partition coefficient (Wildman–Crippen LogP) is 4.08. The normalized spacial score (nSPS) is 10.5. The molecule has 1 heterocycles. The summed E-state index contributed by atoms with van der Waals surface area (Å²) in [6.45, 7) is 3.92. The molecule has 0 bridgehead atoms. The lowest BCUT2D eigenvalue weighted by Crippen LogP contribution is -2.13. The van der Waals surface area contributed by atoms with Crippen LogP contribution in [0.15, 0.2) is 42.5 Å². The molecule has 122 valence electrons. The standard InChI is InChI=1S/C18H17N3O2S/c1-11-4-9-15(12(2)10-11)16(22)19-18-21-20-17(24-18)13-5-7-14(23-3)8-6-13/h4-10H,1-3H3,(H,19,21,22). The molecule has 0 saturated carbocycles. The highest BCUT2D eigenvalue weighted by atomic mass is 32.1. The van der Waals surface area contributed by atoms with Gasteiger partial charge in [0.1, 0.15) is 10.8 Å². The third-order valence-corrected chi connectivity index (χ3v) is 4.50. The Labute approximate surface area is 144 Å². The summed E-state index contributed by atoms with van der Waals surface area (Å²) in [5.74, 6) is 0.608. The van der Waals surface area contributed by atoms with Crippen LogP contribution in [0.25, 0.3) is 10.6 Å². The minimum Gasteiger partial charge on any atom is -0.497 e. The lowest BCUT2D eigenvalue weighted by Gasteiger charge is -2.05. The van der Waals surface area contributed by atoms with Crippen LogP contribution in [0.4, 0.5) is 5.13 Å². The number of rotatable bonds is 4. The van der Waals surface area contributed by atoms with Crippen molar-refractivity contribution in [1.29, 1.82) is 0 Å². The molecule has 1 N–H and O–H groups in total. The zero-order valence-electron chi connectivity index (χ0n) is 13.7. The number of carbonyl (C=O) groups is 1. The van der Waals surface area contributed by atoms with Crippen molar-refractivity contribution in [2.24, 2.45) is 0 Å². The van der Waals surface area contributed by atoms with E-state index in [1.54, 1.807) is 7.11 Å². The van der Waals surface area contributed by atoms with Gasteiger partial charge in [-0.05, 0) is 49.7 Å². The molecule has 3 rings (SSSR count). The highest BCUT2D eigenvalue weighted by Gasteiger charge is 2.13. The van der Waals surface area contributed by atoms with Crippen molar-refractivity contribution in [3.63, 3.8) is 0 Å². The van der Waals surface area contributed by atoms with Gasteiger partial charge in [-0.3, -0.25) is 10.1 Å². The van der Waals surface area contributed by atoms with Gasteiger partial charge in [-0.1, -0.05) is 29.0 Å². The highest BCUT2D eigenvalue weighted by Crippen LogP contribution is 2.28. The second kappa shape index (κ2) is 6.80. The molecular weight excluding hydrogens is 322 g/mol. The highest BCUT2D eigenvalue weighted by molar-refractivity contribution is 7.18. The van der Waals surface area contributed by atoms with Crippen molar-refractivity contribution >= 4 is 22.4 Å². The minimum absolute atomic E-state index is 0.176. The fourth-order valence-corrected chi connectivity index (χ4v) is 3.10. The van der Waals surface area contributed by atoms with Crippen molar-refractivity contribution in [3.8, 4) is 16.3 Å². The molecule has 2 aromatic carbocycles. The Morgan fingerprint density at radius 2 is 1.83 bits per heavy atom. The maximum Gasteiger partial charge on any atom is 0.257 e. The molecule has 1 amide bonds. The molecule has 0 unspecified atom stereocenters. The maximum atomic E-state index is 12.4. The number of hydrogen-bond donors (Lipinski definition) is 1. The smallest absolute Gasteiger partial charge is 0.257 e. The fraction of sp³-hybridized carbons (Fsp3) is 0.167. The molecule has 24 heavy (non-hydrogen) atoms. The maximum absolute atomic E-state index is 12.4. The summed E-state index contributed by atoms with van der Waals surface area (Å²) in [7, 11) is 1.63. The number of aromatic nitrogens is 2. The van der Waals surface area contributed by atoms with Gasteiger partial charge in [0.25, 0.3) is 5.91 Å². The molecule has 0 fully saturated rings. The van der Waals surface area contributed by atoms with Crippen LogP contribution < -0.4 is 10.1 Å². The van der Waals surface area contributed by atoms with Crippen LogP contribution in [0.1, 0.15) is 21.5 Å². The molecular formula is C18H17N3O2S. The SMILES string of the molecule is COc1ccc(-c2nnc(NC(=O)c3ccc(C)cc3C)s2)cc1. The quantitative estimate of drug-likeness (QED) is 0.778. The number of nitrogens with one attached hydrogen (secondary N) is 1. The first-order valence-electron chi connectivity index (χ1n) is 7.43. The van der Waals surface area contributed by atoms with Crippen molar-refractivity contribution in [3.05, 3.63) is 59.2 Å². The van der Waals surface area contributed by atoms with Gasteiger partial charge in [0.05, 0.1) is 7.11 Å². The number of ether oxygens (including phenoxy) is 1. The van der Waals surface area contributed by atoms with E-state index >= 15 is 0 Å². The van der Waals surface area contributed by atoms with E-state index in [1.807, 2.05) is 56.3 Å². The van der Waals surface area contributed by atoms with E-state index in [-0.39, 0.29) is 5.91 Å². The number of benzene rings is 2. The van der Waals surface area contributed by atoms with Gasteiger partial charge < -0.3 is 4.74 Å². The van der Waals surface area contributed by atoms with Crippen LogP contribution in [0.5, 0.6) is 5.75 Å². The van der Waals surface area contributed by atoms with E-state index in [4.69, 9.17) is 4.74 Å². The Kier molecular flexibility index (Phi) is 4.57. The summed E-state index contributed by atoms with van der Waals surface area (Å²) in [5, 5.41) is 12.2. The molecule has 1 aromatic heterocycles. The average Bonchev–Trinajstić information content (AvgIpc) is 3.03. The Bertz CT molecular complexity index is 872. The molecule has 0 atom stereocenters. The second-order valence-electron chi connectivity index (χ2n) is 5.41. The number of amides is 1. The van der Waals surface area contributed by atoms with E-state index < -0.39 is 0 Å². The van der Waals surface area contributed by atoms with E-state index in [2.05, 4.69) is 15.5 Å². The van der Waals surface area contributed by atoms with E-state index in [9.17, 15) is 4.79 Å². The summed E-state index contributed by atoms with van der Waals surface area (Å²) in [4.78, 5) is 12.4. The number of methoxy groups -OCH3 is 1. The van der Waals surface area contributed by atoms with Crippen molar-refractivity contribution < 1.29 is 9.53 Å². The molecule has 0 radical (unpaired) electrons. The molecule has 0 spiro atoms. The van der Waals surface area contributed by atoms with Gasteiger partial charge >= 0.3 is 0 Å². The van der Waals surface area contributed by atoms with Crippen LogP contribution >= 0.6 is 11.3 Å². The van der Waals surface area contributed by atoms with Gasteiger partial charge in [0.2, 0.25) is 5.13 Å². The zero-order valence-corrected chi connectivity index (χ0v) is 14.5. The van der Waals surface area contributed by atoms with Crippen molar-refractivity contribution in [2.45, 2.75) is 13.8 Å². The monoisotopic (exact) mass is 339 g/mol. The summed E-state index contributed by atoms with van der Waals surface area (Å²) in [6.07, 6.45) is 0. The Morgan fingerprint density at radius 1 is 1.08 bits per heavy atom. The molecule has 6 heteroatoms. The topological polar surface area (TPSA) is 64.1 Å². The first-order chi connectivity index (χ1) is 11.6. The van der Waals surface area contributed by atoms with Gasteiger partial charge in [0.15, 0.2) is 0 Å². The molecule has 0 saturated heterocycles. The number of nitrogens with zero attached hydrogens (tertiary/aromatic N) is 2. The summed E-state index contributed by atoms with van der Waals surface area (Å²) in [6, 6.07) is 13.3. The third-order valence-electron chi connectivity index (χ3n) is 3.61. The molecule has 5 nitrogen and oxygen atoms in total. The van der Waals surface area contributed by atoms with Gasteiger partial charge in [0, 0.05) is 11.1 Å². The largest absolute Gasteiger partial charge is 0.497 e. The minimum atomic E-state index is -0.176. The number of hydrogen-bond acceptors (Lipinski definition) is 5. The van der Waals surface area contributed by atoms with Crippen LogP contribution in [0.2, 0.25) is 0 Å². The van der Waals surface area contributed by atoms with Gasteiger partial charge in [-0.25, -0.2) is 0 Å². The number of carbonyl (C=O) groups excluding carboxylic acids is 1. The van der Waals surface area contributed by atoms with Crippen LogP contribution in [-0.4, -0.2) is 23.2 Å². The molecule has 0 aliphatic heterocycles. The van der Waals surface area contributed by atoms with Crippen LogP contribution in [-0.2, 0) is 0 Å². The van der Waals surface area contributed by atoms with Crippen LogP contribution in [0.3, 0.4) is 0 Å². The lowest BCUT2D eigenvalue weighted by molar-refractivity contribution is 0.102.